The Morgan fingerprint density at radius 1 is 0.646 bits per heavy atom. The number of carbonyl (C=O) groups is 6. The lowest BCUT2D eigenvalue weighted by molar-refractivity contribution is -0.132. The lowest BCUT2D eigenvalue weighted by atomic mass is 9.85. The Morgan fingerprint density at radius 2 is 1.24 bits per heavy atom. The van der Waals surface area contributed by atoms with Crippen LogP contribution in [0.2, 0.25) is 0 Å². The highest BCUT2D eigenvalue weighted by Crippen LogP contribution is 2.33. The van der Waals surface area contributed by atoms with Gasteiger partial charge in [-0.1, -0.05) is 163 Å². The van der Waals surface area contributed by atoms with Crippen molar-refractivity contribution in [2.75, 3.05) is 46.9 Å². The van der Waals surface area contributed by atoms with Gasteiger partial charge in [-0.3, -0.25) is 44.4 Å². The Bertz CT molecular complexity index is 3440. The maximum atomic E-state index is 13.8. The summed E-state index contributed by atoms with van der Waals surface area (Å²) in [7, 11) is 2.44. The van der Waals surface area contributed by atoms with E-state index in [-0.39, 0.29) is 44.3 Å². The van der Waals surface area contributed by atoms with E-state index in [9.17, 15) is 44.1 Å². The minimum atomic E-state index is -1.22. The molecule has 4 aromatic carbocycles. The zero-order valence-corrected chi connectivity index (χ0v) is 57.3. The highest BCUT2D eigenvalue weighted by Gasteiger charge is 2.40. The van der Waals surface area contributed by atoms with Gasteiger partial charge >= 0.3 is 12.2 Å². The molecule has 6 amide bonds. The van der Waals surface area contributed by atoms with Crippen LogP contribution in [0, 0.1) is 16.7 Å². The summed E-state index contributed by atoms with van der Waals surface area (Å²) in [5.74, 6) is -1.82. The van der Waals surface area contributed by atoms with Crippen molar-refractivity contribution in [3.05, 3.63) is 191 Å². The van der Waals surface area contributed by atoms with Crippen LogP contribution in [0.1, 0.15) is 108 Å². The predicted molar refractivity (Wildman–Crippen MR) is 368 cm³/mol. The summed E-state index contributed by atoms with van der Waals surface area (Å²) in [6.45, 7) is 19.6. The van der Waals surface area contributed by atoms with Crippen LogP contribution in [0.25, 0.3) is 11.3 Å². The number of ether oxygens (including phenoxy) is 2. The van der Waals surface area contributed by atoms with E-state index in [4.69, 9.17) is 9.47 Å². The fourth-order valence-corrected chi connectivity index (χ4v) is 11.9. The van der Waals surface area contributed by atoms with Gasteiger partial charge in [-0.25, -0.2) is 14.6 Å². The van der Waals surface area contributed by atoms with Crippen molar-refractivity contribution in [1.82, 2.24) is 56.8 Å². The molecule has 2 aliphatic rings. The first-order valence-electron chi connectivity index (χ1n) is 32.8. The van der Waals surface area contributed by atoms with Crippen LogP contribution < -0.4 is 32.0 Å². The summed E-state index contributed by atoms with van der Waals surface area (Å²) in [5.41, 5.74) is 8.55. The molecular weight excluding hydrogens is 1220 g/mol. The Kier molecular flexibility index (Phi) is 27.1. The molecule has 1 saturated heterocycles. The van der Waals surface area contributed by atoms with Gasteiger partial charge < -0.3 is 51.4 Å². The lowest BCUT2D eigenvalue weighted by Crippen LogP contribution is -2.61. The average molecular weight is 1320 g/mol. The van der Waals surface area contributed by atoms with Gasteiger partial charge in [0.15, 0.2) is 0 Å². The van der Waals surface area contributed by atoms with Crippen LogP contribution in [0.15, 0.2) is 158 Å². The molecule has 3 heterocycles. The molecule has 1 aliphatic heterocycles. The van der Waals surface area contributed by atoms with E-state index in [0.717, 1.165) is 51.2 Å². The summed E-state index contributed by atoms with van der Waals surface area (Å²) in [4.78, 5) is 92.2. The Labute approximate surface area is 565 Å². The third-order valence-electron chi connectivity index (χ3n) is 16.9. The number of alkyl carbamates (subject to hydrolysis) is 2. The lowest BCUT2D eigenvalue weighted by Gasteiger charge is -2.42. The summed E-state index contributed by atoms with van der Waals surface area (Å²) < 4.78 is 9.54. The van der Waals surface area contributed by atoms with Gasteiger partial charge in [0.1, 0.15) is 18.1 Å². The van der Waals surface area contributed by atoms with Crippen molar-refractivity contribution in [1.29, 1.82) is 0 Å². The number of nitrogens with one attached hydrogen (secondary N) is 6. The number of fused-ring (bicyclic) bond motifs is 1. The van der Waals surface area contributed by atoms with Crippen LogP contribution >= 0.6 is 0 Å². The van der Waals surface area contributed by atoms with Crippen molar-refractivity contribution < 1.29 is 53.6 Å². The van der Waals surface area contributed by atoms with Crippen LogP contribution in [0.5, 0.6) is 0 Å². The van der Waals surface area contributed by atoms with Crippen LogP contribution in [0.4, 0.5) is 9.59 Å². The van der Waals surface area contributed by atoms with E-state index in [1.807, 2.05) is 187 Å². The molecule has 516 valence electrons. The summed E-state index contributed by atoms with van der Waals surface area (Å²) >= 11 is 0. The number of rotatable bonds is 25. The fraction of sp³-hybridized carbons (Fsp3) is 0.459. The highest BCUT2D eigenvalue weighted by molar-refractivity contribution is 5.87. The molecule has 0 saturated carbocycles. The number of aliphatic hydroxyl groups excluding tert-OH is 3. The van der Waals surface area contributed by atoms with Crippen molar-refractivity contribution in [3.8, 4) is 11.3 Å². The van der Waals surface area contributed by atoms with Crippen LogP contribution in [-0.4, -0.2) is 171 Å². The van der Waals surface area contributed by atoms with E-state index in [2.05, 4.69) is 51.8 Å². The summed E-state index contributed by atoms with van der Waals surface area (Å²) in [6.07, 6.45) is 2.48. The Hall–Kier alpha value is -8.64. The molecule has 22 heteroatoms. The first-order valence-corrected chi connectivity index (χ1v) is 32.8. The summed E-state index contributed by atoms with van der Waals surface area (Å²) in [6, 6.07) is 40.5. The number of methoxy groups -OCH3 is 2. The van der Waals surface area contributed by atoms with Crippen molar-refractivity contribution in [2.24, 2.45) is 16.7 Å². The van der Waals surface area contributed by atoms with E-state index in [1.165, 1.54) is 14.2 Å². The quantitative estimate of drug-likeness (QED) is 0.0259. The van der Waals surface area contributed by atoms with Crippen LogP contribution in [-0.2, 0) is 61.0 Å². The molecule has 1 aliphatic carbocycles. The molecule has 1 fully saturated rings. The minimum absolute atomic E-state index is 0.0712. The molecule has 0 radical (unpaired) electrons. The summed E-state index contributed by atoms with van der Waals surface area (Å²) in [5, 5.41) is 50.1. The van der Waals surface area contributed by atoms with Gasteiger partial charge in [0, 0.05) is 87.8 Å². The number of hydrogen-bond acceptors (Lipinski definition) is 16. The van der Waals surface area contributed by atoms with E-state index in [0.29, 0.717) is 32.5 Å². The predicted octanol–water partition coefficient (Wildman–Crippen LogP) is 7.08. The molecule has 0 spiro atoms. The molecule has 22 nitrogen and oxygen atoms in total. The molecule has 96 heavy (non-hydrogen) atoms. The first kappa shape index (κ1) is 74.8. The number of hydrazine groups is 1. The van der Waals surface area contributed by atoms with Crippen molar-refractivity contribution in [3.63, 3.8) is 0 Å². The Balaban J connectivity index is 0.000000273. The van der Waals surface area contributed by atoms with Gasteiger partial charge in [0.25, 0.3) is 5.91 Å². The monoisotopic (exact) mass is 1320 g/mol. The number of amides is 6. The number of pyridine rings is 2. The molecular formula is C74H99N11O11. The smallest absolute Gasteiger partial charge is 0.407 e. The van der Waals surface area contributed by atoms with Gasteiger partial charge in [-0.15, -0.1) is 0 Å². The number of hydrogen-bond donors (Lipinski definition) is 9. The average Bonchev–Trinajstić information content (AvgIpc) is 1.59. The molecule has 9 N–H and O–H groups in total. The van der Waals surface area contributed by atoms with Gasteiger partial charge in [0.2, 0.25) is 17.7 Å². The molecule has 0 bridgehead atoms. The number of aliphatic hydroxyl groups is 3. The molecule has 9 atom stereocenters. The molecule has 8 rings (SSSR count). The van der Waals surface area contributed by atoms with Crippen LogP contribution in [0.3, 0.4) is 0 Å². The first-order chi connectivity index (χ1) is 45.6. The van der Waals surface area contributed by atoms with E-state index < -0.39 is 94.8 Å². The maximum absolute atomic E-state index is 13.8. The number of benzene rings is 4. The number of carbonyl (C=O) groups excluding carboxylic acids is 6. The molecule has 0 unspecified atom stereocenters. The highest BCUT2D eigenvalue weighted by atomic mass is 16.5. The van der Waals surface area contributed by atoms with Gasteiger partial charge in [0.05, 0.1) is 50.3 Å². The second-order valence-corrected chi connectivity index (χ2v) is 28.1. The zero-order valence-electron chi connectivity index (χ0n) is 57.3. The SMILES string of the molecule is CC(C)(C)NC(=O)[C@@H]1CN(Cc2cccnc2)CCN1C[C@@H](O)C[C@H](Cc1ccccc1)C(=O)N[C@H]1c2ccccc2C[C@H]1O.COC(=O)N[C@H](C(=O)N[C@@H](Cc1ccccc1)[C@@H](O)CN(Cc1ccc(-c2ccccn2)cc1)NC(=O)[C@@H](NC(=O)OC)C(C)(C)C)C(C)(C)C. The van der Waals surface area contributed by atoms with Crippen molar-refractivity contribution in [2.45, 2.75) is 155 Å². The normalized spacial score (nSPS) is 17.7. The third kappa shape index (κ3) is 23.0. The third-order valence-corrected chi connectivity index (χ3v) is 16.9. The second-order valence-electron chi connectivity index (χ2n) is 28.1. The maximum Gasteiger partial charge on any atom is 0.407 e. The topological polar surface area (TPSA) is 289 Å². The van der Waals surface area contributed by atoms with Gasteiger partial charge in [-0.2, -0.15) is 0 Å². The van der Waals surface area contributed by atoms with E-state index >= 15 is 0 Å². The van der Waals surface area contributed by atoms with E-state index in [1.54, 1.807) is 38.2 Å². The Morgan fingerprint density at radius 3 is 1.82 bits per heavy atom. The molecule has 6 aromatic rings. The molecule has 2 aromatic heterocycles. The zero-order chi connectivity index (χ0) is 69.7. The number of nitrogens with zero attached hydrogens (tertiary/aromatic N) is 5. The van der Waals surface area contributed by atoms with Gasteiger partial charge in [-0.05, 0) is 102 Å². The largest absolute Gasteiger partial charge is 0.453 e. The number of piperazine rings is 1. The number of β-amino-alcohol motifs (C(OH)–C–C–N with tert-alkyl or cyclic N) is 1. The van der Waals surface area contributed by atoms with Crippen molar-refractivity contribution >= 4 is 35.8 Å². The fourth-order valence-electron chi connectivity index (χ4n) is 11.9. The standard InChI is InChI=1S/C38H52N6O7.C36H47N5O4/c1-37(2,3)31(41-35(48)50-7)33(46)40-29(22-25-14-10-9-11-15-25)30(45)24-44(43-34(47)32(38(4,5)6)42-36(49)51-8)23-26-17-19-27(20-18-26)28-16-12-13-21-39-28;1-36(2,3)39-35(45)31-24-40(22-26-12-9-15-37-21-26)16-17-41(31)23-29(42)19-28(18-25-10-5-4-6-11-25)34(44)38-33-30-14-8-7-13-27(30)20-32(33)43/h9-21,29-32,45H,22-24H2,1-8H3,(H,40,46)(H,41,48)(H,42,49)(H,43,47);4-15,21,28-29,31-33,42-43H,16-20,22-24H2,1-3H3,(H,38,44)(H,39,45)/t29-,30-,31+,32+;28-,29-,31-,32+,33-/m00/s1. The minimum Gasteiger partial charge on any atom is -0.453 e. The number of aromatic nitrogens is 2. The second kappa shape index (κ2) is 34.9.